The molecule has 0 aliphatic rings. The van der Waals surface area contributed by atoms with Gasteiger partial charge in [-0.25, -0.2) is 17.2 Å². The van der Waals surface area contributed by atoms with Crippen LogP contribution in [0.4, 0.5) is 14.5 Å². The largest absolute Gasteiger partial charge is 0.454 e. The molecule has 0 atom stereocenters. The number of nitrogens with one attached hydrogen (secondary N) is 2. The van der Waals surface area contributed by atoms with E-state index in [0.717, 1.165) is 12.1 Å². The molecule has 4 rings (SSSR count). The highest BCUT2D eigenvalue weighted by molar-refractivity contribution is 7.92. The lowest BCUT2D eigenvalue weighted by Crippen LogP contribution is -2.17. The van der Waals surface area contributed by atoms with Crippen molar-refractivity contribution in [3.8, 4) is 22.6 Å². The second-order valence-corrected chi connectivity index (χ2v) is 9.02. The van der Waals surface area contributed by atoms with Gasteiger partial charge in [0.2, 0.25) is 10.0 Å². The second kappa shape index (κ2) is 8.08. The molecule has 0 radical (unpaired) electrons. The van der Waals surface area contributed by atoms with Gasteiger partial charge in [-0.2, -0.15) is 5.10 Å². The average molecular weight is 460 g/mol. The first-order valence-corrected chi connectivity index (χ1v) is 11.1. The summed E-state index contributed by atoms with van der Waals surface area (Å²) in [5.74, 6) is -1.84. The minimum atomic E-state index is -3.57. The Morgan fingerprint density at radius 2 is 1.88 bits per heavy atom. The number of benzene rings is 2. The van der Waals surface area contributed by atoms with Crippen LogP contribution < -0.4 is 15.0 Å². The summed E-state index contributed by atoms with van der Waals surface area (Å²) in [6, 6.07) is 7.33. The maximum absolute atomic E-state index is 14.2. The van der Waals surface area contributed by atoms with Crippen LogP contribution >= 0.6 is 0 Å². The number of rotatable bonds is 6. The number of hydrogen-bond donors (Lipinski definition) is 2. The van der Waals surface area contributed by atoms with Crippen LogP contribution in [0.1, 0.15) is 6.92 Å². The van der Waals surface area contributed by atoms with E-state index in [-0.39, 0.29) is 34.0 Å². The van der Waals surface area contributed by atoms with Gasteiger partial charge in [0.25, 0.3) is 5.56 Å². The molecule has 0 spiro atoms. The van der Waals surface area contributed by atoms with Crippen LogP contribution in [0.5, 0.6) is 11.5 Å². The number of ether oxygens (including phenoxy) is 1. The van der Waals surface area contributed by atoms with Gasteiger partial charge in [-0.15, -0.1) is 0 Å². The predicted molar refractivity (Wildman–Crippen MR) is 116 cm³/mol. The number of sulfonamides is 1. The minimum absolute atomic E-state index is 0.132. The standard InChI is InChI=1S/C21H18F2N4O4S/c1-3-32(29,30)26-13-5-7-18(31-19-6-4-12(22)8-17(19)23)14(9-13)16-11-27(2)21(28)20-15(16)10-24-25-20/h4-11,26H,3H2,1-2H3,(H,24,25). The van der Waals surface area contributed by atoms with Crippen molar-refractivity contribution < 1.29 is 21.9 Å². The van der Waals surface area contributed by atoms with Crippen LogP contribution in [0.15, 0.2) is 53.6 Å². The third-order valence-electron chi connectivity index (χ3n) is 4.82. The van der Waals surface area contributed by atoms with Gasteiger partial charge in [0.05, 0.1) is 11.9 Å². The highest BCUT2D eigenvalue weighted by atomic mass is 32.2. The van der Waals surface area contributed by atoms with E-state index in [2.05, 4.69) is 14.9 Å². The summed E-state index contributed by atoms with van der Waals surface area (Å²) in [5.41, 5.74) is 1.04. The van der Waals surface area contributed by atoms with E-state index in [4.69, 9.17) is 4.74 Å². The third-order valence-corrected chi connectivity index (χ3v) is 6.13. The van der Waals surface area contributed by atoms with Gasteiger partial charge >= 0.3 is 0 Å². The number of halogens is 2. The van der Waals surface area contributed by atoms with Crippen molar-refractivity contribution in [1.29, 1.82) is 0 Å². The topological polar surface area (TPSA) is 106 Å². The number of fused-ring (bicyclic) bond motifs is 1. The van der Waals surface area contributed by atoms with Crippen molar-refractivity contribution in [2.45, 2.75) is 6.92 Å². The van der Waals surface area contributed by atoms with Crippen LogP contribution in [0, 0.1) is 11.6 Å². The molecule has 2 heterocycles. The Kier molecular flexibility index (Phi) is 5.43. The lowest BCUT2D eigenvalue weighted by Gasteiger charge is -2.16. The first-order valence-electron chi connectivity index (χ1n) is 9.49. The maximum atomic E-state index is 14.2. The fourth-order valence-electron chi connectivity index (χ4n) is 3.19. The first kappa shape index (κ1) is 21.5. The monoisotopic (exact) mass is 460 g/mol. The summed E-state index contributed by atoms with van der Waals surface area (Å²) < 4.78 is 61.1. The normalized spacial score (nSPS) is 11.6. The van der Waals surface area contributed by atoms with E-state index < -0.39 is 21.7 Å². The fourth-order valence-corrected chi connectivity index (χ4v) is 3.82. The molecule has 2 aromatic carbocycles. The Morgan fingerprint density at radius 1 is 1.12 bits per heavy atom. The molecule has 0 bridgehead atoms. The molecule has 0 aliphatic heterocycles. The van der Waals surface area contributed by atoms with E-state index in [9.17, 15) is 22.0 Å². The van der Waals surface area contributed by atoms with Crippen molar-refractivity contribution >= 4 is 26.6 Å². The molecule has 0 saturated carbocycles. The lowest BCUT2D eigenvalue weighted by atomic mass is 10.0. The Hall–Kier alpha value is -3.73. The van der Waals surface area contributed by atoms with Gasteiger partial charge in [0.1, 0.15) is 17.1 Å². The number of aromatic amines is 1. The summed E-state index contributed by atoms with van der Waals surface area (Å²) in [4.78, 5) is 12.4. The number of H-pyrrole nitrogens is 1. The van der Waals surface area contributed by atoms with Gasteiger partial charge in [-0.3, -0.25) is 14.6 Å². The van der Waals surface area contributed by atoms with Crippen LogP contribution in [0.3, 0.4) is 0 Å². The molecule has 11 heteroatoms. The van der Waals surface area contributed by atoms with Crippen LogP contribution in [0.25, 0.3) is 22.0 Å². The zero-order valence-corrected chi connectivity index (χ0v) is 17.8. The number of pyridine rings is 1. The van der Waals surface area contributed by atoms with Gasteiger partial charge in [0, 0.05) is 41.5 Å². The molecule has 4 aromatic rings. The number of nitrogens with zero attached hydrogens (tertiary/aromatic N) is 2. The molecule has 2 N–H and O–H groups in total. The van der Waals surface area contributed by atoms with Crippen molar-refractivity contribution in [3.05, 3.63) is 70.8 Å². The molecule has 2 aromatic heterocycles. The number of aromatic nitrogens is 3. The Labute approximate surface area is 181 Å². The summed E-state index contributed by atoms with van der Waals surface area (Å²) >= 11 is 0. The van der Waals surface area contributed by atoms with E-state index >= 15 is 0 Å². The van der Waals surface area contributed by atoms with E-state index in [1.165, 1.54) is 35.9 Å². The summed E-state index contributed by atoms with van der Waals surface area (Å²) in [5, 5.41) is 7.04. The Balaban J connectivity index is 1.93. The van der Waals surface area contributed by atoms with Crippen molar-refractivity contribution in [1.82, 2.24) is 14.8 Å². The van der Waals surface area contributed by atoms with Gasteiger partial charge < -0.3 is 9.30 Å². The highest BCUT2D eigenvalue weighted by Gasteiger charge is 2.18. The molecule has 166 valence electrons. The zero-order chi connectivity index (χ0) is 23.0. The molecule has 0 saturated heterocycles. The lowest BCUT2D eigenvalue weighted by molar-refractivity contribution is 0.439. The van der Waals surface area contributed by atoms with Gasteiger partial charge in [-0.05, 0) is 37.3 Å². The predicted octanol–water partition coefficient (Wildman–Crippen LogP) is 3.76. The van der Waals surface area contributed by atoms with Crippen LogP contribution in [-0.4, -0.2) is 28.9 Å². The maximum Gasteiger partial charge on any atom is 0.276 e. The first-order chi connectivity index (χ1) is 15.2. The highest BCUT2D eigenvalue weighted by Crippen LogP contribution is 2.38. The zero-order valence-electron chi connectivity index (χ0n) is 17.0. The minimum Gasteiger partial charge on any atom is -0.454 e. The number of hydrogen-bond acceptors (Lipinski definition) is 5. The van der Waals surface area contributed by atoms with Crippen LogP contribution in [-0.2, 0) is 17.1 Å². The molecule has 0 amide bonds. The molecule has 0 fully saturated rings. The number of anilines is 1. The molecular weight excluding hydrogens is 442 g/mol. The van der Waals surface area contributed by atoms with E-state index in [1.54, 1.807) is 13.2 Å². The van der Waals surface area contributed by atoms with E-state index in [0.29, 0.717) is 22.6 Å². The van der Waals surface area contributed by atoms with Crippen molar-refractivity contribution in [2.24, 2.45) is 7.05 Å². The van der Waals surface area contributed by atoms with Crippen LogP contribution in [0.2, 0.25) is 0 Å². The fraction of sp³-hybridized carbons (Fsp3) is 0.143. The Morgan fingerprint density at radius 3 is 2.59 bits per heavy atom. The molecule has 0 aliphatic carbocycles. The smallest absolute Gasteiger partial charge is 0.276 e. The van der Waals surface area contributed by atoms with E-state index in [1.807, 2.05) is 0 Å². The molecule has 8 nitrogen and oxygen atoms in total. The summed E-state index contributed by atoms with van der Waals surface area (Å²) in [6.45, 7) is 1.50. The van der Waals surface area contributed by atoms with Gasteiger partial charge in [0.15, 0.2) is 11.6 Å². The quantitative estimate of drug-likeness (QED) is 0.456. The molecule has 32 heavy (non-hydrogen) atoms. The van der Waals surface area contributed by atoms with Gasteiger partial charge in [-0.1, -0.05) is 0 Å². The summed E-state index contributed by atoms with van der Waals surface area (Å²) in [6.07, 6.45) is 3.00. The molecular formula is C21H18F2N4O4S. The van der Waals surface area contributed by atoms with Crippen molar-refractivity contribution in [2.75, 3.05) is 10.5 Å². The Bertz CT molecular complexity index is 1500. The summed E-state index contributed by atoms with van der Waals surface area (Å²) in [7, 11) is -2.02. The SMILES string of the molecule is CCS(=O)(=O)Nc1ccc(Oc2ccc(F)cc2F)c(-c2cn(C)c(=O)c3[nH]ncc23)c1. The third kappa shape index (κ3) is 4.06. The average Bonchev–Trinajstić information content (AvgIpc) is 3.24. The van der Waals surface area contributed by atoms with Crippen molar-refractivity contribution in [3.63, 3.8) is 0 Å². The second-order valence-electron chi connectivity index (χ2n) is 7.01. The number of aryl methyl sites for hydroxylation is 1. The molecule has 0 unspecified atom stereocenters.